The van der Waals surface area contributed by atoms with Crippen molar-refractivity contribution < 1.29 is 0 Å². The molecule has 0 saturated carbocycles. The molecule has 0 aromatic heterocycles. The van der Waals surface area contributed by atoms with Gasteiger partial charge in [0.25, 0.3) is 0 Å². The SMILES string of the molecule is CCCN1CCC(CNC(=NCc2ccc(Cl)cc2)NCC)C1. The second kappa shape index (κ2) is 9.78. The van der Waals surface area contributed by atoms with Gasteiger partial charge < -0.3 is 15.5 Å². The van der Waals surface area contributed by atoms with Gasteiger partial charge in [-0.1, -0.05) is 30.7 Å². The molecule has 2 rings (SSSR count). The lowest BCUT2D eigenvalue weighted by molar-refractivity contribution is 0.324. The Morgan fingerprint density at radius 1 is 1.26 bits per heavy atom. The summed E-state index contributed by atoms with van der Waals surface area (Å²) in [6, 6.07) is 7.87. The van der Waals surface area contributed by atoms with E-state index < -0.39 is 0 Å². The lowest BCUT2D eigenvalue weighted by atomic mass is 10.1. The lowest BCUT2D eigenvalue weighted by Gasteiger charge is -2.17. The van der Waals surface area contributed by atoms with Crippen LogP contribution in [0.25, 0.3) is 0 Å². The average molecular weight is 337 g/mol. The van der Waals surface area contributed by atoms with Crippen LogP contribution in [0.4, 0.5) is 0 Å². The highest BCUT2D eigenvalue weighted by molar-refractivity contribution is 6.30. The third kappa shape index (κ3) is 6.40. The summed E-state index contributed by atoms with van der Waals surface area (Å²) in [4.78, 5) is 7.23. The molecular formula is C18H29ClN4. The molecule has 1 heterocycles. The van der Waals surface area contributed by atoms with Gasteiger partial charge in [-0.2, -0.15) is 0 Å². The standard InChI is InChI=1S/C18H29ClN4/c1-3-10-23-11-9-16(14-23)13-22-18(20-4-2)21-12-15-5-7-17(19)8-6-15/h5-8,16H,3-4,9-14H2,1-2H3,(H2,20,21,22). The predicted molar refractivity (Wildman–Crippen MR) is 99.1 cm³/mol. The van der Waals surface area contributed by atoms with Gasteiger partial charge in [0.2, 0.25) is 0 Å². The highest BCUT2D eigenvalue weighted by Gasteiger charge is 2.21. The molecule has 0 radical (unpaired) electrons. The number of nitrogens with zero attached hydrogens (tertiary/aromatic N) is 2. The molecule has 1 unspecified atom stereocenters. The fourth-order valence-electron chi connectivity index (χ4n) is 2.94. The third-order valence-corrected chi connectivity index (χ3v) is 4.40. The Morgan fingerprint density at radius 3 is 2.74 bits per heavy atom. The molecular weight excluding hydrogens is 308 g/mol. The molecule has 1 fully saturated rings. The fourth-order valence-corrected chi connectivity index (χ4v) is 3.07. The molecule has 0 spiro atoms. The number of hydrogen-bond donors (Lipinski definition) is 2. The van der Waals surface area contributed by atoms with Crippen LogP contribution in [0.3, 0.4) is 0 Å². The Hall–Kier alpha value is -1.26. The van der Waals surface area contributed by atoms with Gasteiger partial charge >= 0.3 is 0 Å². The largest absolute Gasteiger partial charge is 0.357 e. The van der Waals surface area contributed by atoms with Crippen molar-refractivity contribution in [3.8, 4) is 0 Å². The molecule has 5 heteroatoms. The van der Waals surface area contributed by atoms with Gasteiger partial charge in [0.15, 0.2) is 5.96 Å². The van der Waals surface area contributed by atoms with E-state index in [4.69, 9.17) is 11.6 Å². The number of rotatable bonds is 7. The van der Waals surface area contributed by atoms with Gasteiger partial charge in [-0.25, -0.2) is 4.99 Å². The van der Waals surface area contributed by atoms with Crippen molar-refractivity contribution in [2.24, 2.45) is 10.9 Å². The summed E-state index contributed by atoms with van der Waals surface area (Å²) in [5, 5.41) is 7.58. The zero-order chi connectivity index (χ0) is 16.5. The van der Waals surface area contributed by atoms with Crippen LogP contribution in [0.15, 0.2) is 29.3 Å². The first kappa shape index (κ1) is 18.1. The highest BCUT2D eigenvalue weighted by atomic mass is 35.5. The van der Waals surface area contributed by atoms with Gasteiger partial charge in [0.1, 0.15) is 0 Å². The Balaban J connectivity index is 1.81. The Kier molecular flexibility index (Phi) is 7.69. The minimum Gasteiger partial charge on any atom is -0.357 e. The van der Waals surface area contributed by atoms with Crippen LogP contribution in [0.1, 0.15) is 32.3 Å². The van der Waals surface area contributed by atoms with Crippen molar-refractivity contribution in [3.05, 3.63) is 34.9 Å². The van der Waals surface area contributed by atoms with Crippen molar-refractivity contribution in [3.63, 3.8) is 0 Å². The maximum atomic E-state index is 5.92. The second-order valence-electron chi connectivity index (χ2n) is 6.16. The number of guanidine groups is 1. The Labute approximate surface area is 145 Å². The lowest BCUT2D eigenvalue weighted by Crippen LogP contribution is -2.40. The number of nitrogens with one attached hydrogen (secondary N) is 2. The summed E-state index contributed by atoms with van der Waals surface area (Å²) in [6.07, 6.45) is 2.52. The first-order chi connectivity index (χ1) is 11.2. The van der Waals surface area contributed by atoms with Crippen molar-refractivity contribution in [1.82, 2.24) is 15.5 Å². The van der Waals surface area contributed by atoms with E-state index >= 15 is 0 Å². The summed E-state index contributed by atoms with van der Waals surface area (Å²) >= 11 is 5.92. The zero-order valence-corrected chi connectivity index (χ0v) is 15.1. The topological polar surface area (TPSA) is 39.7 Å². The number of hydrogen-bond acceptors (Lipinski definition) is 2. The first-order valence-electron chi connectivity index (χ1n) is 8.70. The molecule has 1 atom stereocenters. The fraction of sp³-hybridized carbons (Fsp3) is 0.611. The van der Waals surface area contributed by atoms with Gasteiger partial charge in [-0.3, -0.25) is 0 Å². The molecule has 1 aromatic rings. The third-order valence-electron chi connectivity index (χ3n) is 4.15. The minimum atomic E-state index is 0.666. The molecule has 0 bridgehead atoms. The van der Waals surface area contributed by atoms with Crippen LogP contribution in [0, 0.1) is 5.92 Å². The van der Waals surface area contributed by atoms with Crippen molar-refractivity contribution in [2.45, 2.75) is 33.2 Å². The van der Waals surface area contributed by atoms with E-state index in [1.165, 1.54) is 38.0 Å². The molecule has 2 N–H and O–H groups in total. The van der Waals surface area contributed by atoms with Crippen molar-refractivity contribution in [2.75, 3.05) is 32.7 Å². The molecule has 23 heavy (non-hydrogen) atoms. The predicted octanol–water partition coefficient (Wildman–Crippen LogP) is 3.13. The van der Waals surface area contributed by atoms with Gasteiger partial charge in [-0.05, 0) is 56.5 Å². The zero-order valence-electron chi connectivity index (χ0n) is 14.3. The normalized spacial score (nSPS) is 19.1. The molecule has 1 aliphatic rings. The number of aliphatic imine (C=N–C) groups is 1. The van der Waals surface area contributed by atoms with E-state index in [0.717, 1.165) is 30.0 Å². The molecule has 128 valence electrons. The minimum absolute atomic E-state index is 0.666. The molecule has 4 nitrogen and oxygen atoms in total. The van der Waals surface area contributed by atoms with E-state index in [9.17, 15) is 0 Å². The van der Waals surface area contributed by atoms with Crippen molar-refractivity contribution in [1.29, 1.82) is 0 Å². The van der Waals surface area contributed by atoms with Gasteiger partial charge in [-0.15, -0.1) is 0 Å². The van der Waals surface area contributed by atoms with E-state index in [-0.39, 0.29) is 0 Å². The average Bonchev–Trinajstić information content (AvgIpc) is 3.00. The van der Waals surface area contributed by atoms with Crippen LogP contribution in [0.5, 0.6) is 0 Å². The van der Waals surface area contributed by atoms with E-state index in [1.54, 1.807) is 0 Å². The maximum absolute atomic E-state index is 5.92. The summed E-state index contributed by atoms with van der Waals surface area (Å²) in [6.45, 7) is 10.5. The van der Waals surface area contributed by atoms with Crippen molar-refractivity contribution >= 4 is 17.6 Å². The van der Waals surface area contributed by atoms with E-state index in [2.05, 4.69) is 34.4 Å². The number of likely N-dealkylation sites (tertiary alicyclic amines) is 1. The smallest absolute Gasteiger partial charge is 0.191 e. The summed E-state index contributed by atoms with van der Waals surface area (Å²) in [5.74, 6) is 1.62. The van der Waals surface area contributed by atoms with Gasteiger partial charge in [0, 0.05) is 24.7 Å². The molecule has 0 aliphatic carbocycles. The summed E-state index contributed by atoms with van der Waals surface area (Å²) in [7, 11) is 0. The molecule has 0 amide bonds. The van der Waals surface area contributed by atoms with Crippen LogP contribution in [-0.4, -0.2) is 43.6 Å². The maximum Gasteiger partial charge on any atom is 0.191 e. The number of benzene rings is 1. The van der Waals surface area contributed by atoms with Crippen LogP contribution in [0.2, 0.25) is 5.02 Å². The van der Waals surface area contributed by atoms with Crippen LogP contribution >= 0.6 is 11.6 Å². The molecule has 1 aromatic carbocycles. The number of halogens is 1. The highest BCUT2D eigenvalue weighted by Crippen LogP contribution is 2.15. The summed E-state index contributed by atoms with van der Waals surface area (Å²) in [5.41, 5.74) is 1.17. The van der Waals surface area contributed by atoms with Gasteiger partial charge in [0.05, 0.1) is 6.54 Å². The van der Waals surface area contributed by atoms with E-state index in [1.807, 2.05) is 24.3 Å². The quantitative estimate of drug-likeness (QED) is 0.593. The molecule has 1 aliphatic heterocycles. The monoisotopic (exact) mass is 336 g/mol. The molecule has 1 saturated heterocycles. The van der Waals surface area contributed by atoms with Crippen LogP contribution < -0.4 is 10.6 Å². The van der Waals surface area contributed by atoms with Crippen LogP contribution in [-0.2, 0) is 6.54 Å². The Bertz CT molecular complexity index is 486. The first-order valence-corrected chi connectivity index (χ1v) is 9.08. The second-order valence-corrected chi connectivity index (χ2v) is 6.59. The Morgan fingerprint density at radius 2 is 2.04 bits per heavy atom. The summed E-state index contributed by atoms with van der Waals surface area (Å²) < 4.78 is 0. The van der Waals surface area contributed by atoms with E-state index in [0.29, 0.717) is 6.54 Å².